The van der Waals surface area contributed by atoms with E-state index in [0.29, 0.717) is 37.4 Å². The number of amides is 2. The third-order valence-electron chi connectivity index (χ3n) is 5.30. The Kier molecular flexibility index (Phi) is 4.86. The number of hydrogen-bond acceptors (Lipinski definition) is 3. The van der Waals surface area contributed by atoms with Crippen LogP contribution < -0.4 is 0 Å². The van der Waals surface area contributed by atoms with E-state index in [-0.39, 0.29) is 11.8 Å². The van der Waals surface area contributed by atoms with Crippen molar-refractivity contribution in [3.63, 3.8) is 0 Å². The van der Waals surface area contributed by atoms with Crippen LogP contribution in [0.15, 0.2) is 48.8 Å². The van der Waals surface area contributed by atoms with Crippen LogP contribution in [0.25, 0.3) is 5.65 Å². The molecule has 0 N–H and O–H groups in total. The zero-order valence-corrected chi connectivity index (χ0v) is 16.3. The van der Waals surface area contributed by atoms with Gasteiger partial charge in [0.05, 0.1) is 0 Å². The van der Waals surface area contributed by atoms with Gasteiger partial charge in [0, 0.05) is 44.1 Å². The van der Waals surface area contributed by atoms with E-state index in [1.165, 1.54) is 5.56 Å². The van der Waals surface area contributed by atoms with E-state index in [2.05, 4.69) is 11.9 Å². The van der Waals surface area contributed by atoms with Crippen LogP contribution in [0.5, 0.6) is 0 Å². The Morgan fingerprint density at radius 1 is 0.964 bits per heavy atom. The lowest BCUT2D eigenvalue weighted by atomic mass is 10.1. The molecular weight excluding hydrogens is 352 g/mol. The average molecular weight is 376 g/mol. The molecule has 3 heterocycles. The van der Waals surface area contributed by atoms with Crippen LogP contribution >= 0.6 is 0 Å². The summed E-state index contributed by atoms with van der Waals surface area (Å²) in [7, 11) is 0. The topological polar surface area (TPSA) is 57.9 Å². The van der Waals surface area contributed by atoms with Crippen molar-refractivity contribution >= 4 is 17.5 Å². The molecule has 2 amide bonds. The first kappa shape index (κ1) is 18.2. The maximum absolute atomic E-state index is 12.8. The largest absolute Gasteiger partial charge is 0.335 e. The van der Waals surface area contributed by atoms with Gasteiger partial charge in [-0.3, -0.25) is 9.59 Å². The molecule has 0 spiro atoms. The molecule has 1 fully saturated rings. The number of pyridine rings is 1. The number of aromatic nitrogens is 2. The first-order valence-electron chi connectivity index (χ1n) is 9.68. The standard InChI is InChI=1S/C22H24N4O2/c1-3-17-4-6-18(7-5-17)21(27)24-10-12-25(13-11-24)22(28)19-15-26-9-8-16(2)14-20(26)23-19/h4-9,14-15H,3,10-13H2,1-2H3. The molecule has 1 aliphatic heterocycles. The van der Waals surface area contributed by atoms with Gasteiger partial charge in [-0.05, 0) is 48.7 Å². The highest BCUT2D eigenvalue weighted by Crippen LogP contribution is 2.14. The quantitative estimate of drug-likeness (QED) is 0.706. The molecular formula is C22H24N4O2. The number of aryl methyl sites for hydroxylation is 2. The van der Waals surface area contributed by atoms with Crippen LogP contribution in [-0.2, 0) is 6.42 Å². The van der Waals surface area contributed by atoms with Crippen LogP contribution in [0.4, 0.5) is 0 Å². The van der Waals surface area contributed by atoms with Crippen LogP contribution in [0.3, 0.4) is 0 Å². The number of fused-ring (bicyclic) bond motifs is 1. The van der Waals surface area contributed by atoms with Crippen molar-refractivity contribution < 1.29 is 9.59 Å². The van der Waals surface area contributed by atoms with Crippen LogP contribution in [0.1, 0.15) is 38.9 Å². The minimum absolute atomic E-state index is 0.0259. The molecule has 144 valence electrons. The molecule has 0 atom stereocenters. The lowest BCUT2D eigenvalue weighted by Crippen LogP contribution is -2.50. The number of rotatable bonds is 3. The van der Waals surface area contributed by atoms with Gasteiger partial charge in [0.2, 0.25) is 0 Å². The Hall–Kier alpha value is -3.15. The zero-order valence-electron chi connectivity index (χ0n) is 16.3. The average Bonchev–Trinajstić information content (AvgIpc) is 3.16. The molecule has 0 aliphatic carbocycles. The van der Waals surface area contributed by atoms with Gasteiger partial charge in [0.25, 0.3) is 11.8 Å². The number of carbonyl (C=O) groups excluding carboxylic acids is 2. The molecule has 6 nitrogen and oxygen atoms in total. The molecule has 0 bridgehead atoms. The predicted molar refractivity (Wildman–Crippen MR) is 108 cm³/mol. The fourth-order valence-electron chi connectivity index (χ4n) is 3.53. The first-order chi connectivity index (χ1) is 13.5. The Bertz CT molecular complexity index is 1010. The van der Waals surface area contributed by atoms with Crippen molar-refractivity contribution in [2.24, 2.45) is 0 Å². The van der Waals surface area contributed by atoms with Gasteiger partial charge in [0.15, 0.2) is 0 Å². The lowest BCUT2D eigenvalue weighted by molar-refractivity contribution is 0.0532. The van der Waals surface area contributed by atoms with Crippen molar-refractivity contribution in [1.82, 2.24) is 19.2 Å². The van der Waals surface area contributed by atoms with Crippen molar-refractivity contribution in [3.8, 4) is 0 Å². The van der Waals surface area contributed by atoms with Gasteiger partial charge in [-0.15, -0.1) is 0 Å². The van der Waals surface area contributed by atoms with E-state index in [1.807, 2.05) is 58.8 Å². The summed E-state index contributed by atoms with van der Waals surface area (Å²) in [5.41, 5.74) is 4.24. The van der Waals surface area contributed by atoms with E-state index >= 15 is 0 Å². The highest BCUT2D eigenvalue weighted by atomic mass is 16.2. The van der Waals surface area contributed by atoms with Crippen LogP contribution in [-0.4, -0.2) is 57.2 Å². The van der Waals surface area contributed by atoms with Crippen molar-refractivity contribution in [3.05, 3.63) is 71.2 Å². The molecule has 0 radical (unpaired) electrons. The van der Waals surface area contributed by atoms with Gasteiger partial charge in [-0.25, -0.2) is 4.98 Å². The third-order valence-corrected chi connectivity index (χ3v) is 5.30. The maximum atomic E-state index is 12.8. The minimum atomic E-state index is -0.0826. The van der Waals surface area contributed by atoms with Gasteiger partial charge in [0.1, 0.15) is 11.3 Å². The van der Waals surface area contributed by atoms with E-state index in [0.717, 1.165) is 17.6 Å². The summed E-state index contributed by atoms with van der Waals surface area (Å²) in [4.78, 5) is 33.6. The van der Waals surface area contributed by atoms with Gasteiger partial charge < -0.3 is 14.2 Å². The Morgan fingerprint density at radius 3 is 2.25 bits per heavy atom. The first-order valence-corrected chi connectivity index (χ1v) is 9.68. The van der Waals surface area contributed by atoms with Crippen LogP contribution in [0.2, 0.25) is 0 Å². The Balaban J connectivity index is 1.41. The zero-order chi connectivity index (χ0) is 19.7. The molecule has 1 aliphatic rings. The highest BCUT2D eigenvalue weighted by molar-refractivity contribution is 5.95. The molecule has 0 unspecified atom stereocenters. The van der Waals surface area contributed by atoms with E-state index < -0.39 is 0 Å². The summed E-state index contributed by atoms with van der Waals surface area (Å²) < 4.78 is 1.86. The molecule has 4 rings (SSSR count). The Labute approximate surface area is 164 Å². The smallest absolute Gasteiger partial charge is 0.274 e. The third kappa shape index (κ3) is 3.50. The van der Waals surface area contributed by atoms with E-state index in [9.17, 15) is 9.59 Å². The fourth-order valence-corrected chi connectivity index (χ4v) is 3.53. The lowest BCUT2D eigenvalue weighted by Gasteiger charge is -2.34. The summed E-state index contributed by atoms with van der Waals surface area (Å²) in [5, 5.41) is 0. The maximum Gasteiger partial charge on any atom is 0.274 e. The van der Waals surface area contributed by atoms with Gasteiger partial charge in [-0.1, -0.05) is 19.1 Å². The normalized spacial score (nSPS) is 14.5. The number of imidazole rings is 1. The number of piperazine rings is 1. The van der Waals surface area contributed by atoms with Gasteiger partial charge >= 0.3 is 0 Å². The van der Waals surface area contributed by atoms with Crippen molar-refractivity contribution in [2.45, 2.75) is 20.3 Å². The molecule has 0 saturated carbocycles. The summed E-state index contributed by atoms with van der Waals surface area (Å²) in [6.45, 7) is 6.20. The van der Waals surface area contributed by atoms with Crippen LogP contribution in [0, 0.1) is 6.92 Å². The predicted octanol–water partition coefficient (Wildman–Crippen LogP) is 2.80. The summed E-state index contributed by atoms with van der Waals surface area (Å²) in [6.07, 6.45) is 4.64. The molecule has 6 heteroatoms. The second kappa shape index (κ2) is 7.46. The SMILES string of the molecule is CCc1ccc(C(=O)N2CCN(C(=O)c3cn4ccc(C)cc4n3)CC2)cc1. The fraction of sp³-hybridized carbons (Fsp3) is 0.318. The minimum Gasteiger partial charge on any atom is -0.335 e. The number of carbonyl (C=O) groups is 2. The molecule has 28 heavy (non-hydrogen) atoms. The highest BCUT2D eigenvalue weighted by Gasteiger charge is 2.26. The number of nitrogens with zero attached hydrogens (tertiary/aromatic N) is 4. The molecule has 2 aromatic heterocycles. The van der Waals surface area contributed by atoms with E-state index in [1.54, 1.807) is 11.1 Å². The molecule has 3 aromatic rings. The number of hydrogen-bond donors (Lipinski definition) is 0. The Morgan fingerprint density at radius 2 is 1.61 bits per heavy atom. The second-order valence-electron chi connectivity index (χ2n) is 7.23. The molecule has 1 saturated heterocycles. The summed E-state index contributed by atoms with van der Waals surface area (Å²) in [6, 6.07) is 11.7. The second-order valence-corrected chi connectivity index (χ2v) is 7.23. The summed E-state index contributed by atoms with van der Waals surface area (Å²) in [5.74, 6) is -0.0568. The van der Waals surface area contributed by atoms with Gasteiger partial charge in [-0.2, -0.15) is 0 Å². The molecule has 1 aromatic carbocycles. The summed E-state index contributed by atoms with van der Waals surface area (Å²) >= 11 is 0. The monoisotopic (exact) mass is 376 g/mol. The van der Waals surface area contributed by atoms with Crippen molar-refractivity contribution in [2.75, 3.05) is 26.2 Å². The van der Waals surface area contributed by atoms with Crippen molar-refractivity contribution in [1.29, 1.82) is 0 Å². The van der Waals surface area contributed by atoms with E-state index in [4.69, 9.17) is 0 Å². The number of benzene rings is 1.